The van der Waals surface area contributed by atoms with Crippen LogP contribution >= 0.6 is 23.1 Å². The van der Waals surface area contributed by atoms with Crippen molar-refractivity contribution in [3.8, 4) is 5.69 Å². The van der Waals surface area contributed by atoms with Gasteiger partial charge in [-0.15, -0.1) is 11.3 Å². The standard InChI is InChI=1S/C23H18FN3O4S2/c1-2-31-22(30)14-7-3-5-9-16(14)25-19(28)13-33-23-26-17-11-12-32-20(17)21(29)27(23)18-10-6-4-8-15(18)24/h3-12H,2,13H2,1H3,(H,25,28). The van der Waals surface area contributed by atoms with Gasteiger partial charge in [0.25, 0.3) is 5.56 Å². The zero-order valence-electron chi connectivity index (χ0n) is 17.4. The van der Waals surface area contributed by atoms with E-state index in [0.29, 0.717) is 15.9 Å². The van der Waals surface area contributed by atoms with E-state index in [0.717, 1.165) is 11.8 Å². The van der Waals surface area contributed by atoms with Crippen molar-refractivity contribution in [3.05, 3.63) is 81.7 Å². The van der Waals surface area contributed by atoms with E-state index < -0.39 is 23.3 Å². The molecule has 0 radical (unpaired) electrons. The first-order valence-corrected chi connectivity index (χ1v) is 11.8. The first-order chi connectivity index (χ1) is 16.0. The predicted molar refractivity (Wildman–Crippen MR) is 127 cm³/mol. The van der Waals surface area contributed by atoms with Crippen LogP contribution in [0.5, 0.6) is 0 Å². The fourth-order valence-corrected chi connectivity index (χ4v) is 4.69. The van der Waals surface area contributed by atoms with Gasteiger partial charge in [0.15, 0.2) is 5.16 Å². The maximum absolute atomic E-state index is 14.5. The summed E-state index contributed by atoms with van der Waals surface area (Å²) < 4.78 is 21.1. The molecule has 10 heteroatoms. The molecule has 0 fully saturated rings. The minimum absolute atomic E-state index is 0.0564. The Kier molecular flexibility index (Phi) is 6.85. The molecular formula is C23H18FN3O4S2. The van der Waals surface area contributed by atoms with Crippen molar-refractivity contribution in [2.24, 2.45) is 0 Å². The third-order valence-electron chi connectivity index (χ3n) is 4.57. The summed E-state index contributed by atoms with van der Waals surface area (Å²) in [6.45, 7) is 1.91. The molecule has 0 aliphatic heterocycles. The van der Waals surface area contributed by atoms with Crippen molar-refractivity contribution in [2.45, 2.75) is 12.1 Å². The summed E-state index contributed by atoms with van der Waals surface area (Å²) in [5.41, 5.74) is 0.678. The number of nitrogens with zero attached hydrogens (tertiary/aromatic N) is 2. The Morgan fingerprint density at radius 1 is 1.15 bits per heavy atom. The highest BCUT2D eigenvalue weighted by Crippen LogP contribution is 2.25. The maximum atomic E-state index is 14.5. The van der Waals surface area contributed by atoms with E-state index in [1.807, 2.05) is 0 Å². The number of rotatable bonds is 7. The number of thioether (sulfide) groups is 1. The summed E-state index contributed by atoms with van der Waals surface area (Å²) in [7, 11) is 0. The van der Waals surface area contributed by atoms with Crippen LogP contribution in [-0.4, -0.2) is 33.8 Å². The molecule has 0 bridgehead atoms. The number of para-hydroxylation sites is 2. The molecule has 2 aromatic carbocycles. The highest BCUT2D eigenvalue weighted by molar-refractivity contribution is 7.99. The molecule has 2 heterocycles. The minimum atomic E-state index is -0.577. The van der Waals surface area contributed by atoms with E-state index in [1.165, 1.54) is 34.1 Å². The summed E-state index contributed by atoms with van der Waals surface area (Å²) >= 11 is 2.22. The molecule has 1 amide bonds. The van der Waals surface area contributed by atoms with Gasteiger partial charge in [0, 0.05) is 0 Å². The van der Waals surface area contributed by atoms with E-state index in [1.54, 1.807) is 48.7 Å². The van der Waals surface area contributed by atoms with E-state index in [-0.39, 0.29) is 28.8 Å². The number of fused-ring (bicyclic) bond motifs is 1. The highest BCUT2D eigenvalue weighted by Gasteiger charge is 2.19. The van der Waals surface area contributed by atoms with Gasteiger partial charge in [-0.25, -0.2) is 14.2 Å². The summed E-state index contributed by atoms with van der Waals surface area (Å²) in [5, 5.41) is 4.61. The van der Waals surface area contributed by atoms with Crippen molar-refractivity contribution < 1.29 is 18.7 Å². The van der Waals surface area contributed by atoms with Gasteiger partial charge in [-0.05, 0) is 42.6 Å². The van der Waals surface area contributed by atoms with Gasteiger partial charge >= 0.3 is 5.97 Å². The zero-order valence-corrected chi connectivity index (χ0v) is 19.0. The number of carbonyl (C=O) groups is 2. The quantitative estimate of drug-likeness (QED) is 0.237. The number of thiophene rings is 1. The second kappa shape index (κ2) is 9.97. The summed E-state index contributed by atoms with van der Waals surface area (Å²) in [4.78, 5) is 42.4. The second-order valence-electron chi connectivity index (χ2n) is 6.72. The van der Waals surface area contributed by atoms with Crippen LogP contribution in [0.1, 0.15) is 17.3 Å². The van der Waals surface area contributed by atoms with Crippen LogP contribution in [-0.2, 0) is 9.53 Å². The van der Waals surface area contributed by atoms with Crippen molar-refractivity contribution in [1.29, 1.82) is 0 Å². The van der Waals surface area contributed by atoms with Crippen LogP contribution in [0, 0.1) is 5.82 Å². The molecular weight excluding hydrogens is 465 g/mol. The van der Waals surface area contributed by atoms with Crippen molar-refractivity contribution in [1.82, 2.24) is 9.55 Å². The van der Waals surface area contributed by atoms with Gasteiger partial charge in [0.05, 0.1) is 34.8 Å². The number of anilines is 1. The van der Waals surface area contributed by atoms with Gasteiger partial charge in [0.1, 0.15) is 10.5 Å². The van der Waals surface area contributed by atoms with Gasteiger partial charge in [-0.3, -0.25) is 14.2 Å². The lowest BCUT2D eigenvalue weighted by Gasteiger charge is -2.13. The van der Waals surface area contributed by atoms with E-state index in [9.17, 15) is 18.8 Å². The fraction of sp³-hybridized carbons (Fsp3) is 0.130. The molecule has 0 spiro atoms. The monoisotopic (exact) mass is 483 g/mol. The molecule has 2 aromatic heterocycles. The van der Waals surface area contributed by atoms with Crippen molar-refractivity contribution in [3.63, 3.8) is 0 Å². The topological polar surface area (TPSA) is 90.3 Å². The first-order valence-electron chi connectivity index (χ1n) is 9.93. The van der Waals surface area contributed by atoms with Gasteiger partial charge < -0.3 is 10.1 Å². The number of amides is 1. The highest BCUT2D eigenvalue weighted by atomic mass is 32.2. The number of hydrogen-bond donors (Lipinski definition) is 1. The molecule has 33 heavy (non-hydrogen) atoms. The average molecular weight is 484 g/mol. The summed E-state index contributed by atoms with van der Waals surface area (Å²) in [6.07, 6.45) is 0. The predicted octanol–water partition coefficient (Wildman–Crippen LogP) is 4.49. The fourth-order valence-electron chi connectivity index (χ4n) is 3.13. The molecule has 0 aliphatic carbocycles. The number of benzene rings is 2. The van der Waals surface area contributed by atoms with Gasteiger partial charge in [-0.1, -0.05) is 36.0 Å². The van der Waals surface area contributed by atoms with Crippen molar-refractivity contribution >= 4 is 50.9 Å². The Morgan fingerprint density at radius 3 is 2.70 bits per heavy atom. The maximum Gasteiger partial charge on any atom is 0.340 e. The lowest BCUT2D eigenvalue weighted by Crippen LogP contribution is -2.23. The van der Waals surface area contributed by atoms with Crippen LogP contribution in [0.3, 0.4) is 0 Å². The lowest BCUT2D eigenvalue weighted by molar-refractivity contribution is -0.113. The largest absolute Gasteiger partial charge is 0.462 e. The Labute approximate surface area is 196 Å². The third kappa shape index (κ3) is 4.81. The second-order valence-corrected chi connectivity index (χ2v) is 8.58. The normalized spacial score (nSPS) is 10.8. The molecule has 0 atom stereocenters. The van der Waals surface area contributed by atoms with E-state index in [2.05, 4.69) is 10.3 Å². The number of esters is 1. The SMILES string of the molecule is CCOC(=O)c1ccccc1NC(=O)CSc1nc2ccsc2c(=O)n1-c1ccccc1F. The Hall–Kier alpha value is -3.50. The molecule has 1 N–H and O–H groups in total. The molecule has 0 saturated heterocycles. The third-order valence-corrected chi connectivity index (χ3v) is 6.40. The van der Waals surface area contributed by atoms with Crippen LogP contribution < -0.4 is 10.9 Å². The summed E-state index contributed by atoms with van der Waals surface area (Å²) in [5.74, 6) is -1.66. The zero-order chi connectivity index (χ0) is 23.4. The minimum Gasteiger partial charge on any atom is -0.462 e. The Morgan fingerprint density at radius 2 is 1.91 bits per heavy atom. The number of carbonyl (C=O) groups excluding carboxylic acids is 2. The molecule has 4 rings (SSSR count). The number of hydrogen-bond acceptors (Lipinski definition) is 7. The Bertz CT molecular complexity index is 1400. The van der Waals surface area contributed by atoms with Crippen LogP contribution in [0.4, 0.5) is 10.1 Å². The number of halogens is 1. The molecule has 7 nitrogen and oxygen atoms in total. The smallest absolute Gasteiger partial charge is 0.340 e. The van der Waals surface area contributed by atoms with Gasteiger partial charge in [-0.2, -0.15) is 0 Å². The lowest BCUT2D eigenvalue weighted by atomic mass is 10.2. The molecule has 0 saturated carbocycles. The van der Waals surface area contributed by atoms with Gasteiger partial charge in [0.2, 0.25) is 5.91 Å². The molecule has 0 aliphatic rings. The van der Waals surface area contributed by atoms with Crippen LogP contribution in [0.2, 0.25) is 0 Å². The average Bonchev–Trinajstić information content (AvgIpc) is 3.28. The van der Waals surface area contributed by atoms with Crippen molar-refractivity contribution in [2.75, 3.05) is 17.7 Å². The van der Waals surface area contributed by atoms with Crippen LogP contribution in [0.25, 0.3) is 15.9 Å². The molecule has 168 valence electrons. The molecule has 0 unspecified atom stereocenters. The van der Waals surface area contributed by atoms with E-state index in [4.69, 9.17) is 4.74 Å². The molecule has 4 aromatic rings. The summed E-state index contributed by atoms with van der Waals surface area (Å²) in [6, 6.07) is 14.1. The number of nitrogens with one attached hydrogen (secondary N) is 1. The number of ether oxygens (including phenoxy) is 1. The number of aromatic nitrogens is 2. The van der Waals surface area contributed by atoms with Crippen LogP contribution in [0.15, 0.2) is 69.9 Å². The van der Waals surface area contributed by atoms with E-state index >= 15 is 0 Å². The first kappa shape index (κ1) is 22.7. The Balaban J connectivity index is 1.61.